The number of hydrogen-bond donors (Lipinski definition) is 1. The van der Waals surface area contributed by atoms with Crippen LogP contribution < -0.4 is 0 Å². The van der Waals surface area contributed by atoms with E-state index in [4.69, 9.17) is 4.74 Å². The van der Waals surface area contributed by atoms with Crippen molar-refractivity contribution in [3.8, 4) is 0 Å². The standard InChI is InChI=1S/C11H17BrO2S/c1-11(2,3)9-6-5-8(7-12)15(9)10(13)14-4/h5-6,15H,7H2,1-4H3. The van der Waals surface area contributed by atoms with Crippen molar-refractivity contribution in [1.29, 1.82) is 0 Å². The Balaban J connectivity index is 3.00. The summed E-state index contributed by atoms with van der Waals surface area (Å²) in [5.74, 6) is 0. The predicted molar refractivity (Wildman–Crippen MR) is 70.8 cm³/mol. The van der Waals surface area contributed by atoms with Crippen LogP contribution in [0.15, 0.2) is 22.0 Å². The van der Waals surface area contributed by atoms with Crippen LogP contribution >= 0.6 is 26.8 Å². The van der Waals surface area contributed by atoms with Gasteiger partial charge in [0.2, 0.25) is 0 Å². The van der Waals surface area contributed by atoms with Crippen molar-refractivity contribution < 1.29 is 9.53 Å². The molecule has 1 rings (SSSR count). The normalized spacial score (nSPS) is 23.4. The second kappa shape index (κ2) is 4.74. The summed E-state index contributed by atoms with van der Waals surface area (Å²) >= 11 is 3.42. The van der Waals surface area contributed by atoms with Crippen LogP contribution in [0.2, 0.25) is 0 Å². The molecule has 86 valence electrons. The summed E-state index contributed by atoms with van der Waals surface area (Å²) in [5, 5.41) is 0.638. The van der Waals surface area contributed by atoms with Gasteiger partial charge in [-0.3, -0.25) is 0 Å². The van der Waals surface area contributed by atoms with Gasteiger partial charge in [-0.25, -0.2) is 4.79 Å². The molecule has 0 aromatic rings. The molecule has 1 unspecified atom stereocenters. The lowest BCUT2D eigenvalue weighted by Crippen LogP contribution is -2.13. The zero-order valence-electron chi connectivity index (χ0n) is 9.50. The van der Waals surface area contributed by atoms with Crippen LogP contribution in [0, 0.1) is 5.41 Å². The van der Waals surface area contributed by atoms with Crippen LogP contribution in [0.5, 0.6) is 0 Å². The summed E-state index contributed by atoms with van der Waals surface area (Å²) in [5.41, 5.74) is 0.0281. The first-order valence-corrected chi connectivity index (χ1v) is 7.23. The molecule has 0 saturated carbocycles. The van der Waals surface area contributed by atoms with Gasteiger partial charge in [0.15, 0.2) is 0 Å². The van der Waals surface area contributed by atoms with Crippen LogP contribution in [-0.4, -0.2) is 17.7 Å². The summed E-state index contributed by atoms with van der Waals surface area (Å²) in [6.07, 6.45) is 4.11. The minimum atomic E-state index is -0.907. The molecule has 4 heteroatoms. The lowest BCUT2D eigenvalue weighted by atomic mass is 9.96. The highest BCUT2D eigenvalue weighted by Crippen LogP contribution is 2.55. The van der Waals surface area contributed by atoms with E-state index in [9.17, 15) is 4.79 Å². The first-order chi connectivity index (χ1) is 6.91. The number of rotatable bonds is 1. The lowest BCUT2D eigenvalue weighted by molar-refractivity contribution is 0.200. The monoisotopic (exact) mass is 292 g/mol. The molecule has 1 heterocycles. The zero-order valence-corrected chi connectivity index (χ0v) is 12.0. The van der Waals surface area contributed by atoms with Crippen LogP contribution in [0.4, 0.5) is 4.79 Å². The fraction of sp³-hybridized carbons (Fsp3) is 0.545. The van der Waals surface area contributed by atoms with Gasteiger partial charge in [-0.15, -0.1) is 10.9 Å². The maximum Gasteiger partial charge on any atom is 0.354 e. The molecule has 0 saturated heterocycles. The van der Waals surface area contributed by atoms with E-state index in [1.54, 1.807) is 0 Å². The topological polar surface area (TPSA) is 26.3 Å². The van der Waals surface area contributed by atoms with Gasteiger partial charge in [0.25, 0.3) is 0 Å². The number of ether oxygens (including phenoxy) is 1. The molecule has 0 N–H and O–H groups in total. The minimum Gasteiger partial charge on any atom is -0.462 e. The minimum absolute atomic E-state index is 0.0281. The van der Waals surface area contributed by atoms with Gasteiger partial charge < -0.3 is 4.74 Å². The van der Waals surface area contributed by atoms with Crippen LogP contribution in [-0.2, 0) is 4.74 Å². The number of carbonyl (C=O) groups is 1. The molecule has 0 bridgehead atoms. The second-order valence-corrected chi connectivity index (χ2v) is 7.05. The third-order valence-electron chi connectivity index (χ3n) is 2.22. The molecule has 0 aromatic carbocycles. The van der Waals surface area contributed by atoms with E-state index in [0.717, 1.165) is 10.2 Å². The Bertz CT molecular complexity index is 326. The summed E-state index contributed by atoms with van der Waals surface area (Å²) in [6.45, 7) is 6.38. The van der Waals surface area contributed by atoms with Crippen LogP contribution in [0.1, 0.15) is 20.8 Å². The molecule has 1 atom stereocenters. The van der Waals surface area contributed by atoms with E-state index < -0.39 is 10.9 Å². The Labute approximate surface area is 102 Å². The highest BCUT2D eigenvalue weighted by atomic mass is 79.9. The van der Waals surface area contributed by atoms with Crippen molar-refractivity contribution in [2.45, 2.75) is 20.8 Å². The SMILES string of the molecule is COC(=O)[SH]1C(CBr)=CC=C1C(C)(C)C. The molecular weight excluding hydrogens is 276 g/mol. The molecule has 0 aliphatic carbocycles. The average Bonchev–Trinajstić information content (AvgIpc) is 2.59. The van der Waals surface area contributed by atoms with E-state index in [1.807, 2.05) is 6.08 Å². The zero-order chi connectivity index (χ0) is 11.6. The van der Waals surface area contributed by atoms with E-state index in [1.165, 1.54) is 12.0 Å². The molecule has 0 amide bonds. The number of hydrogen-bond acceptors (Lipinski definition) is 2. The fourth-order valence-electron chi connectivity index (χ4n) is 1.48. The maximum absolute atomic E-state index is 11.7. The summed E-state index contributed by atoms with van der Waals surface area (Å²) < 4.78 is 4.88. The van der Waals surface area contributed by atoms with Crippen molar-refractivity contribution in [1.82, 2.24) is 0 Å². The highest BCUT2D eigenvalue weighted by molar-refractivity contribution is 9.09. The van der Waals surface area contributed by atoms with Crippen LogP contribution in [0.25, 0.3) is 0 Å². The number of methoxy groups -OCH3 is 1. The van der Waals surface area contributed by atoms with Crippen molar-refractivity contribution in [3.63, 3.8) is 0 Å². The molecular formula is C11H17BrO2S. The van der Waals surface area contributed by atoms with Gasteiger partial charge >= 0.3 is 5.30 Å². The first-order valence-electron chi connectivity index (χ1n) is 4.77. The number of carbonyl (C=O) groups excluding carboxylic acids is 1. The predicted octanol–water partition coefficient (Wildman–Crippen LogP) is 3.98. The Hall–Kier alpha value is -0.220. The Morgan fingerprint density at radius 3 is 2.47 bits per heavy atom. The maximum atomic E-state index is 11.7. The van der Waals surface area contributed by atoms with Gasteiger partial charge in [0.05, 0.1) is 7.11 Å². The van der Waals surface area contributed by atoms with Crippen molar-refractivity contribution in [2.75, 3.05) is 12.4 Å². The third-order valence-corrected chi connectivity index (χ3v) is 5.99. The number of thiol groups is 1. The van der Waals surface area contributed by atoms with Gasteiger partial charge in [-0.05, 0) is 15.2 Å². The van der Waals surface area contributed by atoms with Crippen molar-refractivity contribution in [2.24, 2.45) is 5.41 Å². The van der Waals surface area contributed by atoms with Crippen LogP contribution in [0.3, 0.4) is 0 Å². The summed E-state index contributed by atoms with van der Waals surface area (Å²) in [6, 6.07) is 0. The molecule has 15 heavy (non-hydrogen) atoms. The summed E-state index contributed by atoms with van der Waals surface area (Å²) in [7, 11) is 0.546. The third kappa shape index (κ3) is 2.67. The van der Waals surface area contributed by atoms with E-state index in [0.29, 0.717) is 0 Å². The fourth-order valence-corrected chi connectivity index (χ4v) is 4.58. The van der Waals surface area contributed by atoms with Crippen molar-refractivity contribution >= 4 is 32.1 Å². The Morgan fingerprint density at radius 2 is 2.07 bits per heavy atom. The highest BCUT2D eigenvalue weighted by Gasteiger charge is 2.32. The smallest absolute Gasteiger partial charge is 0.354 e. The van der Waals surface area contributed by atoms with E-state index >= 15 is 0 Å². The molecule has 0 radical (unpaired) electrons. The summed E-state index contributed by atoms with van der Waals surface area (Å²) in [4.78, 5) is 14.1. The number of halogens is 1. The van der Waals surface area contributed by atoms with Gasteiger partial charge in [0, 0.05) is 5.33 Å². The number of alkyl halides is 1. The molecule has 1 aliphatic rings. The first kappa shape index (κ1) is 12.8. The molecule has 0 spiro atoms. The lowest BCUT2D eigenvalue weighted by Gasteiger charge is -2.29. The molecule has 1 aliphatic heterocycles. The molecule has 0 fully saturated rings. The molecule has 2 nitrogen and oxygen atoms in total. The second-order valence-electron chi connectivity index (χ2n) is 4.40. The van der Waals surface area contributed by atoms with Crippen molar-refractivity contribution in [3.05, 3.63) is 22.0 Å². The molecule has 0 aromatic heterocycles. The van der Waals surface area contributed by atoms with E-state index in [-0.39, 0.29) is 10.7 Å². The number of allylic oxidation sites excluding steroid dienone is 4. The van der Waals surface area contributed by atoms with Gasteiger partial charge in [-0.2, -0.15) is 0 Å². The Kier molecular flexibility index (Phi) is 4.06. The van der Waals surface area contributed by atoms with Gasteiger partial charge in [0.1, 0.15) is 0 Å². The van der Waals surface area contributed by atoms with E-state index in [2.05, 4.69) is 42.8 Å². The average molecular weight is 293 g/mol. The van der Waals surface area contributed by atoms with Gasteiger partial charge in [-0.1, -0.05) is 48.9 Å². The largest absolute Gasteiger partial charge is 0.462 e. The Morgan fingerprint density at radius 1 is 1.47 bits per heavy atom. The quantitative estimate of drug-likeness (QED) is 0.450.